The van der Waals surface area contributed by atoms with Gasteiger partial charge in [-0.15, -0.1) is 11.8 Å². The summed E-state index contributed by atoms with van der Waals surface area (Å²) in [7, 11) is 0. The largest absolute Gasteiger partial charge is 0.489 e. The molecule has 2 heterocycles. The molecule has 0 saturated heterocycles. The average molecular weight is 428 g/mol. The molecule has 0 fully saturated rings. The monoisotopic (exact) mass is 427 g/mol. The van der Waals surface area contributed by atoms with Crippen molar-refractivity contribution in [3.63, 3.8) is 0 Å². The number of nitrogens with zero attached hydrogens (tertiary/aromatic N) is 2. The fraction of sp³-hybridized carbons (Fsp3) is 0.0800. The Kier molecular flexibility index (Phi) is 6.92. The molecule has 0 aliphatic rings. The molecule has 0 radical (unpaired) electrons. The second kappa shape index (κ2) is 10.4. The summed E-state index contributed by atoms with van der Waals surface area (Å²) >= 11 is 1.71. The lowest BCUT2D eigenvalue weighted by molar-refractivity contribution is 0.102. The molecule has 0 atom stereocenters. The van der Waals surface area contributed by atoms with E-state index in [1.807, 2.05) is 72.9 Å². The highest BCUT2D eigenvalue weighted by molar-refractivity contribution is 7.98. The van der Waals surface area contributed by atoms with Crippen molar-refractivity contribution < 1.29 is 9.53 Å². The zero-order valence-electron chi connectivity index (χ0n) is 16.8. The van der Waals surface area contributed by atoms with E-state index in [0.29, 0.717) is 23.6 Å². The molecule has 0 bridgehead atoms. The first-order chi connectivity index (χ1) is 15.3. The third-order valence-corrected chi connectivity index (χ3v) is 5.55. The number of thioether (sulfide) groups is 1. The number of nitrogens with one attached hydrogen (secondary N) is 1. The second-order valence-electron chi connectivity index (χ2n) is 6.81. The van der Waals surface area contributed by atoms with E-state index >= 15 is 0 Å². The number of ether oxygens (including phenoxy) is 1. The molecular weight excluding hydrogens is 406 g/mol. The predicted octanol–water partition coefficient (Wildman–Crippen LogP) is 5.60. The summed E-state index contributed by atoms with van der Waals surface area (Å²) < 4.78 is 5.80. The van der Waals surface area contributed by atoms with Gasteiger partial charge in [0.15, 0.2) is 0 Å². The maximum absolute atomic E-state index is 12.6. The fourth-order valence-corrected chi connectivity index (χ4v) is 3.70. The fourth-order valence-electron chi connectivity index (χ4n) is 2.87. The van der Waals surface area contributed by atoms with E-state index in [9.17, 15) is 4.79 Å². The van der Waals surface area contributed by atoms with E-state index in [4.69, 9.17) is 4.74 Å². The lowest BCUT2D eigenvalue weighted by Gasteiger charge is -2.10. The number of amides is 1. The van der Waals surface area contributed by atoms with Crippen LogP contribution in [-0.2, 0) is 12.4 Å². The van der Waals surface area contributed by atoms with E-state index in [-0.39, 0.29) is 5.91 Å². The normalized spacial score (nSPS) is 10.5. The highest BCUT2D eigenvalue weighted by Crippen LogP contribution is 2.23. The van der Waals surface area contributed by atoms with Crippen LogP contribution in [-0.4, -0.2) is 15.9 Å². The molecular formula is C25H21N3O2S. The number of carbonyl (C=O) groups is 1. The number of carbonyl (C=O) groups excluding carboxylic acids is 1. The van der Waals surface area contributed by atoms with Gasteiger partial charge in [0.2, 0.25) is 0 Å². The van der Waals surface area contributed by atoms with Crippen LogP contribution in [0.2, 0.25) is 0 Å². The minimum absolute atomic E-state index is 0.159. The molecule has 0 spiro atoms. The molecule has 1 N–H and O–H groups in total. The number of pyridine rings is 2. The molecule has 2 aromatic carbocycles. The van der Waals surface area contributed by atoms with Crippen molar-refractivity contribution in [2.45, 2.75) is 17.3 Å². The van der Waals surface area contributed by atoms with Crippen LogP contribution in [0.25, 0.3) is 0 Å². The first-order valence-electron chi connectivity index (χ1n) is 9.81. The van der Waals surface area contributed by atoms with E-state index in [1.165, 1.54) is 5.56 Å². The van der Waals surface area contributed by atoms with Gasteiger partial charge in [-0.1, -0.05) is 18.2 Å². The number of hydrogen-bond donors (Lipinski definition) is 1. The maximum Gasteiger partial charge on any atom is 0.255 e. The zero-order chi connectivity index (χ0) is 21.3. The third kappa shape index (κ3) is 6.17. The van der Waals surface area contributed by atoms with Crippen molar-refractivity contribution in [2.75, 3.05) is 5.32 Å². The van der Waals surface area contributed by atoms with Gasteiger partial charge < -0.3 is 10.1 Å². The Morgan fingerprint density at radius 2 is 1.61 bits per heavy atom. The highest BCUT2D eigenvalue weighted by Gasteiger charge is 2.07. The highest BCUT2D eigenvalue weighted by atomic mass is 32.2. The minimum atomic E-state index is -0.159. The molecule has 4 aromatic rings. The summed E-state index contributed by atoms with van der Waals surface area (Å²) in [6.45, 7) is 0.420. The number of hydrogen-bond acceptors (Lipinski definition) is 5. The average Bonchev–Trinajstić information content (AvgIpc) is 2.83. The van der Waals surface area contributed by atoms with E-state index in [0.717, 1.165) is 16.2 Å². The van der Waals surface area contributed by atoms with E-state index in [1.54, 1.807) is 30.4 Å². The van der Waals surface area contributed by atoms with Crippen LogP contribution in [0, 0.1) is 0 Å². The van der Waals surface area contributed by atoms with Gasteiger partial charge in [-0.05, 0) is 54.1 Å². The standard InChI is InChI=1S/C25H21N3O2S/c29-25(21-8-10-24(11-9-21)31-18-20-5-3-13-27-16-20)28-22-6-1-7-23(14-22)30-17-19-4-2-12-26-15-19/h1-16H,17-18H2,(H,28,29). The van der Waals surface area contributed by atoms with Crippen molar-refractivity contribution in [1.29, 1.82) is 0 Å². The minimum Gasteiger partial charge on any atom is -0.489 e. The van der Waals surface area contributed by atoms with Crippen LogP contribution in [0.4, 0.5) is 5.69 Å². The maximum atomic E-state index is 12.6. The predicted molar refractivity (Wildman–Crippen MR) is 123 cm³/mol. The quantitative estimate of drug-likeness (QED) is 0.371. The first-order valence-corrected chi connectivity index (χ1v) is 10.8. The van der Waals surface area contributed by atoms with Gasteiger partial charge in [0.25, 0.3) is 5.91 Å². The molecule has 31 heavy (non-hydrogen) atoms. The smallest absolute Gasteiger partial charge is 0.255 e. The van der Waals surface area contributed by atoms with Crippen LogP contribution in [0.5, 0.6) is 5.75 Å². The van der Waals surface area contributed by atoms with Crippen molar-refractivity contribution in [3.8, 4) is 5.75 Å². The number of rotatable bonds is 8. The van der Waals surface area contributed by atoms with Gasteiger partial charge in [0, 0.05) is 58.3 Å². The van der Waals surface area contributed by atoms with Crippen LogP contribution >= 0.6 is 11.8 Å². The Morgan fingerprint density at radius 1 is 0.871 bits per heavy atom. The number of anilines is 1. The molecule has 4 rings (SSSR count). The summed E-state index contributed by atoms with van der Waals surface area (Å²) in [4.78, 5) is 21.9. The topological polar surface area (TPSA) is 64.1 Å². The molecule has 0 saturated carbocycles. The number of benzene rings is 2. The van der Waals surface area contributed by atoms with Gasteiger partial charge in [0.05, 0.1) is 0 Å². The van der Waals surface area contributed by atoms with Crippen molar-refractivity contribution >= 4 is 23.4 Å². The van der Waals surface area contributed by atoms with Gasteiger partial charge in [-0.3, -0.25) is 14.8 Å². The van der Waals surface area contributed by atoms with Crippen LogP contribution in [0.15, 0.2) is 102 Å². The molecule has 0 aliphatic heterocycles. The van der Waals surface area contributed by atoms with Crippen LogP contribution in [0.3, 0.4) is 0 Å². The van der Waals surface area contributed by atoms with Gasteiger partial charge in [-0.25, -0.2) is 0 Å². The summed E-state index contributed by atoms with van der Waals surface area (Å²) in [5.41, 5.74) is 3.44. The Morgan fingerprint density at radius 3 is 2.32 bits per heavy atom. The van der Waals surface area contributed by atoms with Crippen molar-refractivity contribution in [2.24, 2.45) is 0 Å². The molecule has 1 amide bonds. The summed E-state index contributed by atoms with van der Waals surface area (Å²) in [5, 5.41) is 2.93. The Hall–Kier alpha value is -3.64. The van der Waals surface area contributed by atoms with Crippen molar-refractivity contribution in [1.82, 2.24) is 9.97 Å². The first kappa shape index (κ1) is 20.6. The van der Waals surface area contributed by atoms with E-state index in [2.05, 4.69) is 21.4 Å². The lowest BCUT2D eigenvalue weighted by atomic mass is 10.2. The van der Waals surface area contributed by atoms with Crippen LogP contribution < -0.4 is 10.1 Å². The van der Waals surface area contributed by atoms with Crippen molar-refractivity contribution in [3.05, 3.63) is 114 Å². The van der Waals surface area contributed by atoms with Gasteiger partial charge in [-0.2, -0.15) is 0 Å². The van der Waals surface area contributed by atoms with Gasteiger partial charge in [0.1, 0.15) is 12.4 Å². The molecule has 0 unspecified atom stereocenters. The summed E-state index contributed by atoms with van der Waals surface area (Å²) in [5.74, 6) is 1.36. The molecule has 154 valence electrons. The summed E-state index contributed by atoms with van der Waals surface area (Å²) in [6, 6.07) is 22.8. The van der Waals surface area contributed by atoms with E-state index < -0.39 is 0 Å². The van der Waals surface area contributed by atoms with Gasteiger partial charge >= 0.3 is 0 Å². The third-order valence-electron chi connectivity index (χ3n) is 4.46. The van der Waals surface area contributed by atoms with Crippen LogP contribution in [0.1, 0.15) is 21.5 Å². The zero-order valence-corrected chi connectivity index (χ0v) is 17.6. The lowest BCUT2D eigenvalue weighted by Crippen LogP contribution is -2.11. The number of aromatic nitrogens is 2. The molecule has 2 aromatic heterocycles. The summed E-state index contributed by atoms with van der Waals surface area (Å²) in [6.07, 6.45) is 7.13. The molecule has 0 aliphatic carbocycles. The Labute approximate surface area is 185 Å². The Bertz CT molecular complexity index is 1120. The second-order valence-corrected chi connectivity index (χ2v) is 7.85. The molecule has 5 nitrogen and oxygen atoms in total. The SMILES string of the molecule is O=C(Nc1cccc(OCc2cccnc2)c1)c1ccc(SCc2cccnc2)cc1. The molecule has 6 heteroatoms. The Balaban J connectivity index is 1.32.